The molecular weight excluding hydrogens is 306 g/mol. The maximum atomic E-state index is 12.9. The van der Waals surface area contributed by atoms with Crippen molar-refractivity contribution < 1.29 is 4.79 Å². The molecule has 0 saturated heterocycles. The monoisotopic (exact) mass is 327 g/mol. The van der Waals surface area contributed by atoms with Crippen molar-refractivity contribution in [3.63, 3.8) is 0 Å². The van der Waals surface area contributed by atoms with Crippen molar-refractivity contribution in [2.75, 3.05) is 7.05 Å². The molecule has 0 unspecified atom stereocenters. The summed E-state index contributed by atoms with van der Waals surface area (Å²) in [6.07, 6.45) is 2.88. The minimum atomic E-state index is -0.331. The van der Waals surface area contributed by atoms with E-state index in [-0.39, 0.29) is 11.3 Å². The number of nitrogens with zero attached hydrogens (tertiary/aromatic N) is 1. The van der Waals surface area contributed by atoms with E-state index in [2.05, 4.69) is 31.2 Å². The first kappa shape index (κ1) is 16.1. The van der Waals surface area contributed by atoms with Gasteiger partial charge in [-0.05, 0) is 48.1 Å². The number of aryl methyl sites for hydroxylation is 1. The number of rotatable bonds is 5. The van der Waals surface area contributed by atoms with Gasteiger partial charge in [0.25, 0.3) is 0 Å². The zero-order chi connectivity index (χ0) is 16.4. The number of hydrogen-bond donors (Lipinski definition) is 0. The topological polar surface area (TPSA) is 20.3 Å². The third kappa shape index (κ3) is 3.28. The van der Waals surface area contributed by atoms with Gasteiger partial charge < -0.3 is 4.90 Å². The number of hydrogen-bond acceptors (Lipinski definition) is 1. The van der Waals surface area contributed by atoms with E-state index in [0.29, 0.717) is 11.6 Å². The molecule has 0 aromatic heterocycles. The minimum absolute atomic E-state index is 0.208. The fourth-order valence-corrected chi connectivity index (χ4v) is 3.24. The Labute approximate surface area is 143 Å². The fourth-order valence-electron chi connectivity index (χ4n) is 3.11. The van der Waals surface area contributed by atoms with Crippen LogP contribution >= 0.6 is 11.6 Å². The van der Waals surface area contributed by atoms with Crippen LogP contribution in [0.15, 0.2) is 48.5 Å². The van der Waals surface area contributed by atoms with E-state index in [9.17, 15) is 4.79 Å². The van der Waals surface area contributed by atoms with Crippen LogP contribution in [0.2, 0.25) is 5.02 Å². The predicted octanol–water partition coefficient (Wildman–Crippen LogP) is 4.59. The summed E-state index contributed by atoms with van der Waals surface area (Å²) in [5, 5.41) is 0.710. The second kappa shape index (κ2) is 6.37. The molecule has 2 aromatic carbocycles. The van der Waals surface area contributed by atoms with Crippen LogP contribution in [-0.4, -0.2) is 17.9 Å². The first-order chi connectivity index (χ1) is 11.0. The Hall–Kier alpha value is -1.80. The van der Waals surface area contributed by atoms with Gasteiger partial charge in [-0.15, -0.1) is 0 Å². The molecule has 1 saturated carbocycles. The summed E-state index contributed by atoms with van der Waals surface area (Å²) in [5.41, 5.74) is 3.25. The number of halogens is 1. The third-order valence-corrected chi connectivity index (χ3v) is 5.01. The summed E-state index contributed by atoms with van der Waals surface area (Å²) >= 11 is 5.96. The highest BCUT2D eigenvalue weighted by atomic mass is 35.5. The molecule has 0 aliphatic heterocycles. The van der Waals surface area contributed by atoms with Gasteiger partial charge in [-0.2, -0.15) is 0 Å². The van der Waals surface area contributed by atoms with E-state index < -0.39 is 0 Å². The first-order valence-electron chi connectivity index (χ1n) is 8.14. The van der Waals surface area contributed by atoms with Crippen LogP contribution in [0, 0.1) is 0 Å². The highest BCUT2D eigenvalue weighted by Crippen LogP contribution is 2.49. The first-order valence-corrected chi connectivity index (χ1v) is 8.52. The van der Waals surface area contributed by atoms with E-state index in [1.807, 2.05) is 36.2 Å². The van der Waals surface area contributed by atoms with Crippen molar-refractivity contribution in [1.29, 1.82) is 0 Å². The molecule has 0 radical (unpaired) electrons. The van der Waals surface area contributed by atoms with Crippen LogP contribution in [0.1, 0.15) is 36.5 Å². The van der Waals surface area contributed by atoms with Crippen molar-refractivity contribution in [1.82, 2.24) is 4.90 Å². The Bertz CT molecular complexity index is 687. The van der Waals surface area contributed by atoms with Crippen LogP contribution in [0.4, 0.5) is 0 Å². The minimum Gasteiger partial charge on any atom is -0.341 e. The molecule has 0 bridgehead atoms. The quantitative estimate of drug-likeness (QED) is 0.786. The van der Waals surface area contributed by atoms with E-state index >= 15 is 0 Å². The Kier molecular flexibility index (Phi) is 4.45. The van der Waals surface area contributed by atoms with Crippen molar-refractivity contribution in [3.8, 4) is 0 Å². The molecule has 0 N–H and O–H groups in total. The van der Waals surface area contributed by atoms with Gasteiger partial charge in [-0.1, -0.05) is 54.9 Å². The second-order valence-electron chi connectivity index (χ2n) is 6.42. The van der Waals surface area contributed by atoms with E-state index in [0.717, 1.165) is 24.8 Å². The van der Waals surface area contributed by atoms with Crippen molar-refractivity contribution in [2.45, 2.75) is 38.1 Å². The molecule has 1 amide bonds. The molecule has 23 heavy (non-hydrogen) atoms. The average molecular weight is 328 g/mol. The molecule has 120 valence electrons. The maximum Gasteiger partial charge on any atom is 0.233 e. The maximum absolute atomic E-state index is 12.9. The van der Waals surface area contributed by atoms with Gasteiger partial charge in [0.15, 0.2) is 0 Å². The highest BCUT2D eigenvalue weighted by molar-refractivity contribution is 6.30. The lowest BCUT2D eigenvalue weighted by Crippen LogP contribution is -2.36. The lowest BCUT2D eigenvalue weighted by molar-refractivity contribution is -0.133. The summed E-state index contributed by atoms with van der Waals surface area (Å²) in [6, 6.07) is 16.2. The number of amides is 1. The van der Waals surface area contributed by atoms with Crippen molar-refractivity contribution >= 4 is 17.5 Å². The summed E-state index contributed by atoms with van der Waals surface area (Å²) < 4.78 is 0. The molecule has 2 aromatic rings. The number of carbonyl (C=O) groups is 1. The third-order valence-electron chi connectivity index (χ3n) is 4.75. The summed E-state index contributed by atoms with van der Waals surface area (Å²) in [6.45, 7) is 2.80. The predicted molar refractivity (Wildman–Crippen MR) is 94.7 cm³/mol. The standard InChI is InChI=1S/C20H22ClNO/c1-3-15-4-6-16(7-5-15)14-22(2)19(23)20(12-13-20)17-8-10-18(21)11-9-17/h4-11H,3,12-14H2,1-2H3. The highest BCUT2D eigenvalue weighted by Gasteiger charge is 2.52. The van der Waals surface area contributed by atoms with Crippen LogP contribution in [0.25, 0.3) is 0 Å². The Morgan fingerprint density at radius 2 is 1.61 bits per heavy atom. The zero-order valence-electron chi connectivity index (χ0n) is 13.7. The van der Waals surface area contributed by atoms with E-state index in [4.69, 9.17) is 11.6 Å². The second-order valence-corrected chi connectivity index (χ2v) is 6.86. The van der Waals surface area contributed by atoms with Gasteiger partial charge in [0.2, 0.25) is 5.91 Å². The zero-order valence-corrected chi connectivity index (χ0v) is 14.4. The fraction of sp³-hybridized carbons (Fsp3) is 0.350. The van der Waals surface area contributed by atoms with Gasteiger partial charge in [0.1, 0.15) is 0 Å². The van der Waals surface area contributed by atoms with Crippen LogP contribution < -0.4 is 0 Å². The van der Waals surface area contributed by atoms with Gasteiger partial charge in [-0.25, -0.2) is 0 Å². The summed E-state index contributed by atoms with van der Waals surface area (Å²) in [5.74, 6) is 0.208. The van der Waals surface area contributed by atoms with Gasteiger partial charge in [0, 0.05) is 18.6 Å². The molecule has 0 spiro atoms. The SMILES string of the molecule is CCc1ccc(CN(C)C(=O)C2(c3ccc(Cl)cc3)CC2)cc1. The van der Waals surface area contributed by atoms with Gasteiger partial charge in [-0.3, -0.25) is 4.79 Å². The van der Waals surface area contributed by atoms with Gasteiger partial charge in [0.05, 0.1) is 5.41 Å². The lowest BCUT2D eigenvalue weighted by Gasteiger charge is -2.24. The largest absolute Gasteiger partial charge is 0.341 e. The molecule has 3 rings (SSSR count). The van der Waals surface area contributed by atoms with Crippen molar-refractivity contribution in [3.05, 3.63) is 70.2 Å². The average Bonchev–Trinajstić information content (AvgIpc) is 3.37. The molecule has 1 fully saturated rings. The normalized spacial score (nSPS) is 15.3. The molecule has 2 nitrogen and oxygen atoms in total. The number of carbonyl (C=O) groups excluding carboxylic acids is 1. The van der Waals surface area contributed by atoms with Gasteiger partial charge >= 0.3 is 0 Å². The Balaban J connectivity index is 1.72. The van der Waals surface area contributed by atoms with Crippen LogP contribution in [-0.2, 0) is 23.2 Å². The molecular formula is C20H22ClNO. The van der Waals surface area contributed by atoms with Crippen molar-refractivity contribution in [2.24, 2.45) is 0 Å². The van der Waals surface area contributed by atoms with E-state index in [1.165, 1.54) is 11.1 Å². The molecule has 1 aliphatic rings. The molecule has 0 heterocycles. The Morgan fingerprint density at radius 1 is 1.04 bits per heavy atom. The number of likely N-dealkylation sites (N-methyl/N-ethyl adjacent to an activating group) is 1. The van der Waals surface area contributed by atoms with Crippen LogP contribution in [0.5, 0.6) is 0 Å². The van der Waals surface area contributed by atoms with E-state index in [1.54, 1.807) is 0 Å². The molecule has 0 atom stereocenters. The lowest BCUT2D eigenvalue weighted by atomic mass is 9.94. The molecule has 1 aliphatic carbocycles. The number of benzene rings is 2. The summed E-state index contributed by atoms with van der Waals surface area (Å²) in [4.78, 5) is 14.8. The summed E-state index contributed by atoms with van der Waals surface area (Å²) in [7, 11) is 1.89. The van der Waals surface area contributed by atoms with Crippen LogP contribution in [0.3, 0.4) is 0 Å². The Morgan fingerprint density at radius 3 is 2.13 bits per heavy atom. The smallest absolute Gasteiger partial charge is 0.233 e. The molecule has 3 heteroatoms.